The van der Waals surface area contributed by atoms with E-state index in [-0.39, 0.29) is 18.1 Å². The van der Waals surface area contributed by atoms with Crippen molar-refractivity contribution in [3.05, 3.63) is 94.1 Å². The predicted octanol–water partition coefficient (Wildman–Crippen LogP) is 5.48. The lowest BCUT2D eigenvalue weighted by molar-refractivity contribution is -0.118. The van der Waals surface area contributed by atoms with Gasteiger partial charge in [0.15, 0.2) is 6.61 Å². The number of hydrogen-bond acceptors (Lipinski definition) is 4. The number of benzene rings is 3. The number of anilines is 2. The first-order valence-corrected chi connectivity index (χ1v) is 10.9. The third kappa shape index (κ3) is 6.33. The van der Waals surface area contributed by atoms with Gasteiger partial charge in [-0.15, -0.1) is 0 Å². The Labute approximate surface area is 199 Å². The van der Waals surface area contributed by atoms with Crippen LogP contribution in [0.2, 0.25) is 0 Å². The zero-order valence-electron chi connectivity index (χ0n) is 19.7. The quantitative estimate of drug-likeness (QED) is 0.366. The summed E-state index contributed by atoms with van der Waals surface area (Å²) in [4.78, 5) is 24.8. The fourth-order valence-electron chi connectivity index (χ4n) is 3.22. The fourth-order valence-corrected chi connectivity index (χ4v) is 3.22. The Morgan fingerprint density at radius 3 is 2.32 bits per heavy atom. The lowest BCUT2D eigenvalue weighted by atomic mass is 10.1. The van der Waals surface area contributed by atoms with Crippen LogP contribution >= 0.6 is 0 Å². The number of carbonyl (C=O) groups is 2. The van der Waals surface area contributed by atoms with E-state index in [0.717, 1.165) is 27.9 Å². The van der Waals surface area contributed by atoms with E-state index in [4.69, 9.17) is 4.74 Å². The second-order valence-corrected chi connectivity index (χ2v) is 8.08. The van der Waals surface area contributed by atoms with Gasteiger partial charge in [0.2, 0.25) is 0 Å². The van der Waals surface area contributed by atoms with Crippen molar-refractivity contribution in [2.45, 2.75) is 27.7 Å². The number of carbonyl (C=O) groups excluding carboxylic acids is 2. The molecule has 0 fully saturated rings. The fraction of sp³-hybridized carbons (Fsp3) is 0.179. The average Bonchev–Trinajstić information content (AvgIpc) is 2.82. The minimum Gasteiger partial charge on any atom is -0.484 e. The Kier molecular flexibility index (Phi) is 7.83. The van der Waals surface area contributed by atoms with Crippen molar-refractivity contribution in [3.8, 4) is 11.8 Å². The smallest absolute Gasteiger partial charge is 0.266 e. The molecule has 172 valence electrons. The molecule has 34 heavy (non-hydrogen) atoms. The standard InChI is InChI=1S/C28H27N3O3/c1-18-8-11-24(14-20(18)3)30-27(32)17-34-25-12-9-22(10-13-25)15-23(16-29)28(33)31-26-7-5-6-19(2)21(26)4/h5-15H,17H2,1-4H3,(H,30,32)(H,31,33)/b23-15-. The minimum atomic E-state index is -0.473. The SMILES string of the molecule is Cc1ccc(NC(=O)COc2ccc(/C=C(/C#N)C(=O)Nc3cccc(C)c3C)cc2)cc1C. The van der Waals surface area contributed by atoms with Gasteiger partial charge in [0.05, 0.1) is 0 Å². The molecule has 3 aromatic carbocycles. The van der Waals surface area contributed by atoms with Crippen LogP contribution in [0.5, 0.6) is 5.75 Å². The monoisotopic (exact) mass is 453 g/mol. The molecule has 0 aliphatic heterocycles. The molecule has 2 amide bonds. The highest BCUT2D eigenvalue weighted by atomic mass is 16.5. The first-order valence-electron chi connectivity index (χ1n) is 10.9. The molecular formula is C28H27N3O3. The summed E-state index contributed by atoms with van der Waals surface area (Å²) in [6.07, 6.45) is 1.51. The molecule has 2 N–H and O–H groups in total. The maximum atomic E-state index is 12.6. The third-order valence-corrected chi connectivity index (χ3v) is 5.57. The van der Waals surface area contributed by atoms with E-state index < -0.39 is 5.91 Å². The molecule has 0 radical (unpaired) electrons. The van der Waals surface area contributed by atoms with E-state index in [2.05, 4.69) is 10.6 Å². The lowest BCUT2D eigenvalue weighted by Crippen LogP contribution is -2.20. The maximum Gasteiger partial charge on any atom is 0.266 e. The van der Waals surface area contributed by atoms with Crippen LogP contribution in [0.1, 0.15) is 27.8 Å². The molecule has 6 heteroatoms. The molecule has 0 spiro atoms. The average molecular weight is 454 g/mol. The van der Waals surface area contributed by atoms with E-state index in [9.17, 15) is 14.9 Å². The molecule has 0 aliphatic carbocycles. The summed E-state index contributed by atoms with van der Waals surface area (Å²) in [5.74, 6) is -0.229. The molecule has 0 aromatic heterocycles. The van der Waals surface area contributed by atoms with Crippen LogP contribution in [0, 0.1) is 39.0 Å². The summed E-state index contributed by atoms with van der Waals surface area (Å²) in [5, 5.41) is 15.1. The molecule has 0 atom stereocenters. The number of amides is 2. The Morgan fingerprint density at radius 1 is 0.912 bits per heavy atom. The van der Waals surface area contributed by atoms with Crippen LogP contribution in [0.15, 0.2) is 66.2 Å². The van der Waals surface area contributed by atoms with Gasteiger partial charge in [0, 0.05) is 11.4 Å². The largest absolute Gasteiger partial charge is 0.484 e. The summed E-state index contributed by atoms with van der Waals surface area (Å²) in [7, 11) is 0. The number of nitrogens with one attached hydrogen (secondary N) is 2. The normalized spacial score (nSPS) is 10.9. The highest BCUT2D eigenvalue weighted by Crippen LogP contribution is 2.20. The zero-order valence-corrected chi connectivity index (χ0v) is 19.7. The zero-order chi connectivity index (χ0) is 24.7. The molecule has 0 aliphatic rings. The number of nitriles is 1. The highest BCUT2D eigenvalue weighted by molar-refractivity contribution is 6.10. The van der Waals surface area contributed by atoms with E-state index in [1.54, 1.807) is 30.3 Å². The van der Waals surface area contributed by atoms with E-state index >= 15 is 0 Å². The van der Waals surface area contributed by atoms with Crippen molar-refractivity contribution >= 4 is 29.3 Å². The van der Waals surface area contributed by atoms with Crippen molar-refractivity contribution in [2.75, 3.05) is 17.2 Å². The Hall–Kier alpha value is -4.37. The number of aryl methyl sites for hydroxylation is 3. The summed E-state index contributed by atoms with van der Waals surface area (Å²) in [6, 6.07) is 20.1. The summed E-state index contributed by atoms with van der Waals surface area (Å²) in [6.45, 7) is 7.75. The summed E-state index contributed by atoms with van der Waals surface area (Å²) < 4.78 is 5.55. The van der Waals surface area contributed by atoms with Crippen molar-refractivity contribution in [3.63, 3.8) is 0 Å². The molecule has 3 aromatic rings. The van der Waals surface area contributed by atoms with Gasteiger partial charge in [-0.1, -0.05) is 30.3 Å². The molecular weight excluding hydrogens is 426 g/mol. The Balaban J connectivity index is 1.59. The molecule has 0 saturated carbocycles. The van der Waals surface area contributed by atoms with Crippen molar-refractivity contribution in [2.24, 2.45) is 0 Å². The molecule has 6 nitrogen and oxygen atoms in total. The summed E-state index contributed by atoms with van der Waals surface area (Å²) >= 11 is 0. The first-order chi connectivity index (χ1) is 16.3. The second kappa shape index (κ2) is 11.0. The second-order valence-electron chi connectivity index (χ2n) is 8.08. The van der Waals surface area contributed by atoms with Crippen LogP contribution in [-0.4, -0.2) is 18.4 Å². The van der Waals surface area contributed by atoms with E-state index in [1.165, 1.54) is 6.08 Å². The van der Waals surface area contributed by atoms with Gasteiger partial charge in [-0.05, 0) is 91.9 Å². The topological polar surface area (TPSA) is 91.2 Å². The van der Waals surface area contributed by atoms with Crippen LogP contribution in [0.25, 0.3) is 6.08 Å². The molecule has 3 rings (SSSR count). The third-order valence-electron chi connectivity index (χ3n) is 5.57. The van der Waals surface area contributed by atoms with Crippen molar-refractivity contribution < 1.29 is 14.3 Å². The van der Waals surface area contributed by atoms with Crippen LogP contribution < -0.4 is 15.4 Å². The number of rotatable bonds is 7. The van der Waals surface area contributed by atoms with Crippen LogP contribution in [0.4, 0.5) is 11.4 Å². The summed E-state index contributed by atoms with van der Waals surface area (Å²) in [5.41, 5.74) is 6.32. The molecule has 0 heterocycles. The van der Waals surface area contributed by atoms with Gasteiger partial charge in [0.25, 0.3) is 11.8 Å². The number of nitrogens with zero attached hydrogens (tertiary/aromatic N) is 1. The van der Waals surface area contributed by atoms with Crippen LogP contribution in [0.3, 0.4) is 0 Å². The highest BCUT2D eigenvalue weighted by Gasteiger charge is 2.12. The lowest BCUT2D eigenvalue weighted by Gasteiger charge is -2.10. The Morgan fingerprint density at radius 2 is 1.65 bits per heavy atom. The maximum absolute atomic E-state index is 12.6. The number of hydrogen-bond donors (Lipinski definition) is 2. The van der Waals surface area contributed by atoms with Gasteiger partial charge in [0.1, 0.15) is 17.4 Å². The molecule has 0 bridgehead atoms. The van der Waals surface area contributed by atoms with Gasteiger partial charge in [-0.3, -0.25) is 9.59 Å². The van der Waals surface area contributed by atoms with Gasteiger partial charge >= 0.3 is 0 Å². The van der Waals surface area contributed by atoms with Crippen molar-refractivity contribution in [1.29, 1.82) is 5.26 Å². The van der Waals surface area contributed by atoms with Crippen molar-refractivity contribution in [1.82, 2.24) is 0 Å². The van der Waals surface area contributed by atoms with Gasteiger partial charge in [-0.2, -0.15) is 5.26 Å². The van der Waals surface area contributed by atoms with E-state index in [1.807, 2.05) is 64.1 Å². The first kappa shape index (κ1) is 24.3. The Bertz CT molecular complexity index is 1290. The van der Waals surface area contributed by atoms with Crippen LogP contribution in [-0.2, 0) is 9.59 Å². The van der Waals surface area contributed by atoms with Gasteiger partial charge < -0.3 is 15.4 Å². The van der Waals surface area contributed by atoms with Gasteiger partial charge in [-0.25, -0.2) is 0 Å². The molecule has 0 saturated heterocycles. The molecule has 0 unspecified atom stereocenters. The predicted molar refractivity (Wildman–Crippen MR) is 135 cm³/mol. The minimum absolute atomic E-state index is 0.0117. The van der Waals surface area contributed by atoms with E-state index in [0.29, 0.717) is 17.0 Å². The number of ether oxygens (including phenoxy) is 1.